The summed E-state index contributed by atoms with van der Waals surface area (Å²) in [6.07, 6.45) is 12.7. The quantitative estimate of drug-likeness (QED) is 0.224. The molecule has 1 aliphatic heterocycles. The monoisotopic (exact) mass is 540 g/mol. The van der Waals surface area contributed by atoms with E-state index < -0.39 is 11.6 Å². The van der Waals surface area contributed by atoms with Crippen LogP contribution in [0.1, 0.15) is 30.0 Å². The van der Waals surface area contributed by atoms with E-state index in [2.05, 4.69) is 21.4 Å². The van der Waals surface area contributed by atoms with Crippen molar-refractivity contribution >= 4 is 39.7 Å². The highest BCUT2D eigenvalue weighted by molar-refractivity contribution is 9.09. The zero-order valence-corrected chi connectivity index (χ0v) is 21.4. The number of hydrogen-bond donors (Lipinski definition) is 3. The van der Waals surface area contributed by atoms with Gasteiger partial charge in [0, 0.05) is 24.8 Å². The maximum Gasteiger partial charge on any atom is 0.250 e. The average molecular weight is 542 g/mol. The van der Waals surface area contributed by atoms with E-state index >= 15 is 0 Å². The lowest BCUT2D eigenvalue weighted by Gasteiger charge is -2.40. The number of carbonyl (C=O) groups is 1. The number of allylic oxidation sites excluding steroid dienone is 4. The Labute approximate surface area is 213 Å². The number of likely N-dealkylation sites (tertiary alicyclic amines) is 1. The van der Waals surface area contributed by atoms with Gasteiger partial charge in [-0.2, -0.15) is 0 Å². The predicted octanol–water partition coefficient (Wildman–Crippen LogP) is 4.57. The van der Waals surface area contributed by atoms with Gasteiger partial charge in [-0.1, -0.05) is 88.9 Å². The Hall–Kier alpha value is -2.52. The maximum atomic E-state index is 13.9. The number of halogens is 1. The Morgan fingerprint density at radius 1 is 1.24 bits per heavy atom. The van der Waals surface area contributed by atoms with Crippen molar-refractivity contribution in [1.29, 1.82) is 0 Å². The van der Waals surface area contributed by atoms with Gasteiger partial charge in [-0.15, -0.1) is 0 Å². The Bertz CT molecular complexity index is 1200. The molecule has 0 radical (unpaired) electrons. The summed E-state index contributed by atoms with van der Waals surface area (Å²) in [7, 11) is 0. The normalized spacial score (nSPS) is 20.4. The number of amides is 1. The Morgan fingerprint density at radius 2 is 1.94 bits per heavy atom. The number of hydrogen-bond acceptors (Lipinski definition) is 5. The summed E-state index contributed by atoms with van der Waals surface area (Å²) < 4.78 is 2.39. The minimum absolute atomic E-state index is 0.0389. The van der Waals surface area contributed by atoms with Gasteiger partial charge in [0.05, 0.1) is 16.1 Å². The minimum Gasteiger partial charge on any atom is -0.385 e. The number of alkyl halides is 1. The van der Waals surface area contributed by atoms with Crippen molar-refractivity contribution in [3.8, 4) is 0 Å². The van der Waals surface area contributed by atoms with Crippen LogP contribution in [0.4, 0.5) is 5.69 Å². The first-order valence-electron chi connectivity index (χ1n) is 11.3. The highest BCUT2D eigenvalue weighted by atomic mass is 79.9. The summed E-state index contributed by atoms with van der Waals surface area (Å²) >= 11 is 9.27. The molecule has 4 rings (SSSR count). The lowest BCUT2D eigenvalue weighted by molar-refractivity contribution is -0.136. The number of piperidine rings is 1. The van der Waals surface area contributed by atoms with Gasteiger partial charge in [0.15, 0.2) is 0 Å². The van der Waals surface area contributed by atoms with Gasteiger partial charge >= 0.3 is 0 Å². The molecule has 1 saturated heterocycles. The molecular formula is C26H29BrN4O2S. The number of nitrogens with one attached hydrogen (secondary N) is 1. The molecule has 2 heterocycles. The Kier molecular flexibility index (Phi) is 7.52. The van der Waals surface area contributed by atoms with Crippen molar-refractivity contribution in [2.45, 2.75) is 36.2 Å². The Morgan fingerprint density at radius 3 is 2.62 bits per heavy atom. The lowest BCUT2D eigenvalue weighted by Crippen LogP contribution is -2.49. The molecule has 0 saturated carbocycles. The number of pyridine rings is 1. The number of aliphatic hydroxyl groups is 1. The molecule has 178 valence electrons. The molecule has 6 nitrogen and oxygen atoms in total. The van der Waals surface area contributed by atoms with Crippen LogP contribution in [0.3, 0.4) is 0 Å². The lowest BCUT2D eigenvalue weighted by atomic mass is 9.83. The van der Waals surface area contributed by atoms with Crippen molar-refractivity contribution in [3.05, 3.63) is 94.3 Å². The van der Waals surface area contributed by atoms with Crippen molar-refractivity contribution in [2.24, 2.45) is 5.84 Å². The number of nitrogens with zero attached hydrogens (tertiary/aromatic N) is 2. The van der Waals surface area contributed by atoms with Gasteiger partial charge < -0.3 is 20.0 Å². The van der Waals surface area contributed by atoms with Crippen LogP contribution in [0.15, 0.2) is 78.5 Å². The summed E-state index contributed by atoms with van der Waals surface area (Å²) in [5.74, 6) is 5.58. The van der Waals surface area contributed by atoms with Gasteiger partial charge in [-0.3, -0.25) is 10.6 Å². The summed E-state index contributed by atoms with van der Waals surface area (Å²) in [5.41, 5.74) is 4.98. The highest BCUT2D eigenvalue weighted by Gasteiger charge is 2.38. The maximum absolute atomic E-state index is 13.9. The second-order valence-corrected chi connectivity index (χ2v) is 10.1. The van der Waals surface area contributed by atoms with Gasteiger partial charge in [-0.05, 0) is 37.0 Å². The van der Waals surface area contributed by atoms with E-state index in [0.29, 0.717) is 30.6 Å². The molecular weight excluding hydrogens is 512 g/mol. The van der Waals surface area contributed by atoms with Crippen molar-refractivity contribution < 1.29 is 9.90 Å². The number of nitrogens with two attached hydrogens (primary N) is 1. The zero-order chi connectivity index (χ0) is 24.3. The third-order valence-electron chi connectivity index (χ3n) is 6.61. The van der Waals surface area contributed by atoms with E-state index in [4.69, 9.17) is 18.1 Å². The van der Waals surface area contributed by atoms with Crippen LogP contribution < -0.4 is 11.3 Å². The first kappa shape index (κ1) is 24.6. The van der Waals surface area contributed by atoms with E-state index in [1.54, 1.807) is 0 Å². The number of nitrogen functional groups attached to an aromatic ring is 1. The number of rotatable bonds is 5. The van der Waals surface area contributed by atoms with Gasteiger partial charge in [0.25, 0.3) is 0 Å². The van der Waals surface area contributed by atoms with Crippen molar-refractivity contribution in [1.82, 2.24) is 9.47 Å². The smallest absolute Gasteiger partial charge is 0.250 e. The number of carbonyl (C=O) groups excluding carboxylic acids is 1. The molecule has 4 N–H and O–H groups in total. The number of benzene rings is 1. The molecule has 1 fully saturated rings. The van der Waals surface area contributed by atoms with Crippen LogP contribution >= 0.6 is 28.1 Å². The number of hydrazine groups is 1. The summed E-state index contributed by atoms with van der Waals surface area (Å²) in [4.78, 5) is 15.9. The fourth-order valence-electron chi connectivity index (χ4n) is 4.52. The third kappa shape index (κ3) is 4.95. The second-order valence-electron chi connectivity index (χ2n) is 8.69. The van der Waals surface area contributed by atoms with Crippen molar-refractivity contribution in [3.63, 3.8) is 0 Å². The Balaban J connectivity index is 1.61. The van der Waals surface area contributed by atoms with Crippen LogP contribution in [0.25, 0.3) is 0 Å². The third-order valence-corrected chi connectivity index (χ3v) is 7.74. The van der Waals surface area contributed by atoms with Crippen LogP contribution in [-0.2, 0) is 4.79 Å². The topological polar surface area (TPSA) is 83.5 Å². The molecule has 1 aromatic heterocycles. The molecule has 2 unspecified atom stereocenters. The van der Waals surface area contributed by atoms with Crippen LogP contribution in [0.2, 0.25) is 0 Å². The fraction of sp³-hybridized carbons (Fsp3) is 0.308. The average Bonchev–Trinajstić information content (AvgIpc) is 3.08. The molecule has 1 aromatic carbocycles. The minimum atomic E-state index is -0.960. The molecule has 2 aromatic rings. The molecule has 2 aliphatic rings. The molecule has 0 spiro atoms. The molecule has 1 aliphatic carbocycles. The number of anilines is 1. The molecule has 34 heavy (non-hydrogen) atoms. The molecule has 8 heteroatoms. The SMILES string of the molecule is Cc1c(NN)ccn(C(C(=O)N2CCC(O)(C3=CC=CC(Br)C=C3)CC2)c2ccccc2)c1=S. The van der Waals surface area contributed by atoms with E-state index in [-0.39, 0.29) is 10.7 Å². The van der Waals surface area contributed by atoms with Gasteiger partial charge in [0.1, 0.15) is 10.7 Å². The van der Waals surface area contributed by atoms with E-state index in [0.717, 1.165) is 22.4 Å². The van der Waals surface area contributed by atoms with Gasteiger partial charge in [-0.25, -0.2) is 0 Å². The van der Waals surface area contributed by atoms with Crippen molar-refractivity contribution in [2.75, 3.05) is 18.5 Å². The van der Waals surface area contributed by atoms with Crippen LogP contribution in [0, 0.1) is 11.6 Å². The zero-order valence-electron chi connectivity index (χ0n) is 19.0. The highest BCUT2D eigenvalue weighted by Crippen LogP contribution is 2.34. The predicted molar refractivity (Wildman–Crippen MR) is 142 cm³/mol. The standard InChI is InChI=1S/C26H29BrN4O2S/c1-18-22(29-28)12-15-31(25(18)34)23(19-6-3-2-4-7-19)24(32)30-16-13-26(33,14-17-30)20-8-5-9-21(27)11-10-20/h2-12,15,21,23,29,33H,13-14,16-17,28H2,1H3. The van der Waals surface area contributed by atoms with Gasteiger partial charge in [0.2, 0.25) is 5.91 Å². The first-order chi connectivity index (χ1) is 16.3. The van der Waals surface area contributed by atoms with E-state index in [9.17, 15) is 9.90 Å². The summed E-state index contributed by atoms with van der Waals surface area (Å²) in [5, 5.41) is 11.4. The van der Waals surface area contributed by atoms with E-state index in [1.807, 2.05) is 89.4 Å². The second kappa shape index (κ2) is 10.4. The fourth-order valence-corrected chi connectivity index (χ4v) is 5.13. The first-order valence-corrected chi connectivity index (χ1v) is 12.6. The van der Waals surface area contributed by atoms with Crippen LogP contribution in [0.5, 0.6) is 0 Å². The summed E-state index contributed by atoms with van der Waals surface area (Å²) in [6.45, 7) is 2.81. The molecule has 0 bridgehead atoms. The molecule has 2 atom stereocenters. The molecule has 1 amide bonds. The summed E-state index contributed by atoms with van der Waals surface area (Å²) in [6, 6.07) is 10.9. The largest absolute Gasteiger partial charge is 0.385 e. The van der Waals surface area contributed by atoms with Crippen LogP contribution in [-0.4, -0.2) is 44.0 Å². The number of aromatic nitrogens is 1. The van der Waals surface area contributed by atoms with E-state index in [1.165, 1.54) is 0 Å².